The topological polar surface area (TPSA) is 105 Å². The van der Waals surface area contributed by atoms with E-state index in [0.717, 1.165) is 17.3 Å². The van der Waals surface area contributed by atoms with Crippen LogP contribution in [0.4, 0.5) is 0 Å². The molecule has 1 aromatic heterocycles. The summed E-state index contributed by atoms with van der Waals surface area (Å²) >= 11 is 0. The molecular weight excluding hydrogens is 314 g/mol. The van der Waals surface area contributed by atoms with E-state index in [0.29, 0.717) is 28.6 Å². The number of hydrazone groups is 1. The molecule has 6 heteroatoms. The summed E-state index contributed by atoms with van der Waals surface area (Å²) in [4.78, 5) is 15.2. The normalized spacial score (nSPS) is 10.7. The lowest BCUT2D eigenvalue weighted by molar-refractivity contribution is 0.749. The van der Waals surface area contributed by atoms with Gasteiger partial charge in [0.05, 0.1) is 24.4 Å². The Morgan fingerprint density at radius 3 is 2.72 bits per heavy atom. The molecule has 122 valence electrons. The van der Waals surface area contributed by atoms with Gasteiger partial charge in [-0.05, 0) is 29.3 Å². The third-order valence-electron chi connectivity index (χ3n) is 3.80. The standard InChI is InChI=1S/C19H15N5O/c20-8-9-22-23-12-13-4-6-14(7-5-13)18-10-17-15(11-21)2-1-3-16(17)19(25)24-18/h1-10,20,23H,12H2,(H,24,25)/b20-8?,22-9-. The zero-order chi connectivity index (χ0) is 17.6. The van der Waals surface area contributed by atoms with Crippen LogP contribution in [0.2, 0.25) is 0 Å². The average Bonchev–Trinajstić information content (AvgIpc) is 2.65. The number of aromatic nitrogens is 1. The maximum absolute atomic E-state index is 12.3. The molecule has 6 nitrogen and oxygen atoms in total. The van der Waals surface area contributed by atoms with Gasteiger partial charge in [-0.3, -0.25) is 4.79 Å². The lowest BCUT2D eigenvalue weighted by Crippen LogP contribution is -2.08. The Morgan fingerprint density at radius 1 is 1.20 bits per heavy atom. The van der Waals surface area contributed by atoms with E-state index in [4.69, 9.17) is 5.41 Å². The number of rotatable bonds is 5. The monoisotopic (exact) mass is 329 g/mol. The van der Waals surface area contributed by atoms with Crippen molar-refractivity contribution in [3.8, 4) is 17.3 Å². The van der Waals surface area contributed by atoms with Crippen molar-refractivity contribution in [2.24, 2.45) is 5.10 Å². The lowest BCUT2D eigenvalue weighted by Gasteiger charge is -2.07. The van der Waals surface area contributed by atoms with Crippen molar-refractivity contribution in [1.29, 1.82) is 10.7 Å². The van der Waals surface area contributed by atoms with Crippen LogP contribution in [0, 0.1) is 16.7 Å². The Kier molecular flexibility index (Phi) is 4.67. The highest BCUT2D eigenvalue weighted by atomic mass is 16.1. The Balaban J connectivity index is 1.94. The van der Waals surface area contributed by atoms with Crippen LogP contribution in [0.25, 0.3) is 22.0 Å². The van der Waals surface area contributed by atoms with Crippen LogP contribution >= 0.6 is 0 Å². The van der Waals surface area contributed by atoms with E-state index in [-0.39, 0.29) is 5.56 Å². The smallest absolute Gasteiger partial charge is 0.256 e. The molecule has 0 atom stereocenters. The summed E-state index contributed by atoms with van der Waals surface area (Å²) < 4.78 is 0. The van der Waals surface area contributed by atoms with Gasteiger partial charge in [0.2, 0.25) is 0 Å². The first-order chi connectivity index (χ1) is 12.2. The van der Waals surface area contributed by atoms with Crippen molar-refractivity contribution in [1.82, 2.24) is 10.4 Å². The van der Waals surface area contributed by atoms with Crippen molar-refractivity contribution in [3.63, 3.8) is 0 Å². The van der Waals surface area contributed by atoms with Gasteiger partial charge in [-0.25, -0.2) is 0 Å². The van der Waals surface area contributed by atoms with Crippen molar-refractivity contribution in [3.05, 3.63) is 70.0 Å². The fraction of sp³-hybridized carbons (Fsp3) is 0.0526. The van der Waals surface area contributed by atoms with Crippen molar-refractivity contribution in [2.75, 3.05) is 0 Å². The van der Waals surface area contributed by atoms with E-state index in [1.54, 1.807) is 18.2 Å². The van der Waals surface area contributed by atoms with Crippen LogP contribution in [0.3, 0.4) is 0 Å². The van der Waals surface area contributed by atoms with Gasteiger partial charge in [0, 0.05) is 22.7 Å². The molecule has 0 aliphatic carbocycles. The van der Waals surface area contributed by atoms with E-state index in [1.807, 2.05) is 30.3 Å². The van der Waals surface area contributed by atoms with Crippen LogP contribution in [0.1, 0.15) is 11.1 Å². The van der Waals surface area contributed by atoms with Gasteiger partial charge < -0.3 is 15.8 Å². The van der Waals surface area contributed by atoms with Gasteiger partial charge in [0.25, 0.3) is 5.56 Å². The molecule has 0 saturated carbocycles. The summed E-state index contributed by atoms with van der Waals surface area (Å²) in [6.45, 7) is 0.539. The first kappa shape index (κ1) is 16.1. The van der Waals surface area contributed by atoms with Crippen molar-refractivity contribution < 1.29 is 0 Å². The molecular formula is C19H15N5O. The summed E-state index contributed by atoms with van der Waals surface area (Å²) in [5.74, 6) is 0. The second kappa shape index (κ2) is 7.23. The molecule has 3 N–H and O–H groups in total. The zero-order valence-electron chi connectivity index (χ0n) is 13.3. The number of H-pyrrole nitrogens is 1. The van der Waals surface area contributed by atoms with E-state index >= 15 is 0 Å². The van der Waals surface area contributed by atoms with Gasteiger partial charge in [-0.1, -0.05) is 30.3 Å². The second-order valence-corrected chi connectivity index (χ2v) is 5.37. The third-order valence-corrected chi connectivity index (χ3v) is 3.80. The fourth-order valence-corrected chi connectivity index (χ4v) is 2.57. The summed E-state index contributed by atoms with van der Waals surface area (Å²) in [5, 5.41) is 21.1. The number of hydrogen-bond acceptors (Lipinski definition) is 5. The van der Waals surface area contributed by atoms with E-state index in [2.05, 4.69) is 21.6 Å². The number of benzene rings is 2. The van der Waals surface area contributed by atoms with Crippen LogP contribution in [0.5, 0.6) is 0 Å². The van der Waals surface area contributed by atoms with Gasteiger partial charge in [-0.2, -0.15) is 10.4 Å². The number of hydrogen-bond donors (Lipinski definition) is 3. The maximum atomic E-state index is 12.3. The molecule has 2 aromatic carbocycles. The number of nitrogens with one attached hydrogen (secondary N) is 3. The number of nitriles is 1. The molecule has 0 fully saturated rings. The van der Waals surface area contributed by atoms with Crippen LogP contribution in [-0.2, 0) is 6.54 Å². The molecule has 3 rings (SSSR count). The third kappa shape index (κ3) is 3.46. The van der Waals surface area contributed by atoms with Crippen LogP contribution < -0.4 is 11.0 Å². The first-order valence-electron chi connectivity index (χ1n) is 7.63. The first-order valence-corrected chi connectivity index (χ1v) is 7.63. The van der Waals surface area contributed by atoms with E-state index in [1.165, 1.54) is 6.21 Å². The molecule has 0 amide bonds. The van der Waals surface area contributed by atoms with Gasteiger partial charge >= 0.3 is 0 Å². The molecule has 3 aromatic rings. The Hall–Kier alpha value is -3.72. The highest BCUT2D eigenvalue weighted by molar-refractivity contribution is 6.14. The minimum atomic E-state index is -0.212. The van der Waals surface area contributed by atoms with Crippen molar-refractivity contribution in [2.45, 2.75) is 6.54 Å². The van der Waals surface area contributed by atoms with Gasteiger partial charge in [0.1, 0.15) is 0 Å². The molecule has 0 bridgehead atoms. The molecule has 0 aliphatic rings. The van der Waals surface area contributed by atoms with Gasteiger partial charge in [0.15, 0.2) is 0 Å². The summed E-state index contributed by atoms with van der Waals surface area (Å²) in [5.41, 5.74) is 5.65. The van der Waals surface area contributed by atoms with E-state index < -0.39 is 0 Å². The van der Waals surface area contributed by atoms with Crippen LogP contribution in [0.15, 0.2) is 58.4 Å². The quantitative estimate of drug-likeness (QED) is 0.495. The van der Waals surface area contributed by atoms with Crippen LogP contribution in [-0.4, -0.2) is 17.4 Å². The predicted molar refractivity (Wildman–Crippen MR) is 98.8 cm³/mol. The molecule has 0 saturated heterocycles. The summed E-state index contributed by atoms with van der Waals surface area (Å²) in [6.07, 6.45) is 2.46. The molecule has 25 heavy (non-hydrogen) atoms. The Bertz CT molecular complexity index is 1040. The number of pyridine rings is 1. The number of aromatic amines is 1. The van der Waals surface area contributed by atoms with Crippen molar-refractivity contribution >= 4 is 23.2 Å². The molecule has 0 radical (unpaired) electrons. The largest absolute Gasteiger partial charge is 0.321 e. The minimum Gasteiger partial charge on any atom is -0.321 e. The second-order valence-electron chi connectivity index (χ2n) is 5.37. The number of fused-ring (bicyclic) bond motifs is 1. The maximum Gasteiger partial charge on any atom is 0.256 e. The lowest BCUT2D eigenvalue weighted by atomic mass is 10.0. The Labute approximate surface area is 144 Å². The summed E-state index contributed by atoms with van der Waals surface area (Å²) in [6, 6.07) is 16.8. The number of nitrogens with zero attached hydrogens (tertiary/aromatic N) is 2. The summed E-state index contributed by atoms with van der Waals surface area (Å²) in [7, 11) is 0. The van der Waals surface area contributed by atoms with E-state index in [9.17, 15) is 10.1 Å². The molecule has 0 spiro atoms. The highest BCUT2D eigenvalue weighted by Crippen LogP contribution is 2.22. The molecule has 1 heterocycles. The SMILES string of the molecule is N#Cc1cccc2c(=O)[nH]c(-c3ccc(CN/N=C\C=N)cc3)cc12. The average molecular weight is 329 g/mol. The molecule has 0 aliphatic heterocycles. The molecule has 0 unspecified atom stereocenters. The van der Waals surface area contributed by atoms with Gasteiger partial charge in [-0.15, -0.1) is 0 Å². The highest BCUT2D eigenvalue weighted by Gasteiger charge is 2.07. The fourth-order valence-electron chi connectivity index (χ4n) is 2.57. The minimum absolute atomic E-state index is 0.212. The predicted octanol–water partition coefficient (Wildman–Crippen LogP) is 2.79. The zero-order valence-corrected chi connectivity index (χ0v) is 13.3. The Morgan fingerprint density at radius 2 is 2.00 bits per heavy atom.